The smallest absolute Gasteiger partial charge is 0.258 e. The molecule has 166 valence electrons. The van der Waals surface area contributed by atoms with Gasteiger partial charge in [0.1, 0.15) is 5.65 Å². The van der Waals surface area contributed by atoms with E-state index >= 15 is 0 Å². The van der Waals surface area contributed by atoms with Gasteiger partial charge in [0.05, 0.1) is 24.3 Å². The fourth-order valence-electron chi connectivity index (χ4n) is 5.23. The van der Waals surface area contributed by atoms with Crippen LogP contribution in [0.4, 0.5) is 0 Å². The molecule has 31 heavy (non-hydrogen) atoms. The van der Waals surface area contributed by atoms with Crippen LogP contribution in [0.2, 0.25) is 0 Å². The average molecular weight is 426 g/mol. The summed E-state index contributed by atoms with van der Waals surface area (Å²) in [6, 6.07) is 5.47. The number of fused-ring (bicyclic) bond motifs is 1. The molecule has 2 aromatic heterocycles. The number of amides is 1. The van der Waals surface area contributed by atoms with Crippen molar-refractivity contribution in [3.8, 4) is 0 Å². The Morgan fingerprint density at radius 2 is 1.84 bits per heavy atom. The number of pyridine rings is 1. The molecule has 1 unspecified atom stereocenters. The van der Waals surface area contributed by atoms with Crippen LogP contribution in [0.25, 0.3) is 5.65 Å². The van der Waals surface area contributed by atoms with Crippen LogP contribution in [-0.4, -0.2) is 89.0 Å². The lowest BCUT2D eigenvalue weighted by atomic mass is 9.85. The summed E-state index contributed by atoms with van der Waals surface area (Å²) in [7, 11) is 0. The standard InChI is InChI=1S/C23H31N5O3/c1-18-2-5-28-20(14-18)24-19(15-21(28)29)16-26-6-3-23(17-26)4-7-27(22(23)30)9-8-25-10-12-31-13-11-25/h2,5,14-15H,3-4,6-13,16-17H2,1H3. The van der Waals surface area contributed by atoms with Gasteiger partial charge in [0.2, 0.25) is 5.91 Å². The van der Waals surface area contributed by atoms with E-state index in [1.807, 2.05) is 19.1 Å². The molecule has 0 aliphatic carbocycles. The number of ether oxygens (including phenoxy) is 1. The summed E-state index contributed by atoms with van der Waals surface area (Å²) in [5.74, 6) is 0.311. The Morgan fingerprint density at radius 3 is 2.68 bits per heavy atom. The second-order valence-electron chi connectivity index (χ2n) is 9.26. The van der Waals surface area contributed by atoms with Crippen molar-refractivity contribution in [2.24, 2.45) is 5.41 Å². The van der Waals surface area contributed by atoms with Gasteiger partial charge in [-0.05, 0) is 44.0 Å². The maximum absolute atomic E-state index is 13.3. The van der Waals surface area contributed by atoms with Crippen molar-refractivity contribution >= 4 is 11.6 Å². The highest BCUT2D eigenvalue weighted by molar-refractivity contribution is 5.85. The van der Waals surface area contributed by atoms with Gasteiger partial charge in [-0.2, -0.15) is 0 Å². The van der Waals surface area contributed by atoms with Gasteiger partial charge in [0, 0.05) is 58.1 Å². The molecule has 5 rings (SSSR count). The number of nitrogens with zero attached hydrogens (tertiary/aromatic N) is 5. The molecule has 0 radical (unpaired) electrons. The molecule has 1 atom stereocenters. The lowest BCUT2D eigenvalue weighted by Gasteiger charge is -2.29. The molecule has 8 heteroatoms. The van der Waals surface area contributed by atoms with Crippen molar-refractivity contribution in [1.29, 1.82) is 0 Å². The van der Waals surface area contributed by atoms with Crippen molar-refractivity contribution in [3.63, 3.8) is 0 Å². The summed E-state index contributed by atoms with van der Waals surface area (Å²) in [6.45, 7) is 10.3. The third-order valence-electron chi connectivity index (χ3n) is 7.09. The van der Waals surface area contributed by atoms with E-state index in [2.05, 4.69) is 14.7 Å². The predicted molar refractivity (Wildman–Crippen MR) is 117 cm³/mol. The van der Waals surface area contributed by atoms with Crippen molar-refractivity contribution in [2.75, 3.05) is 59.0 Å². The van der Waals surface area contributed by atoms with E-state index in [-0.39, 0.29) is 11.0 Å². The monoisotopic (exact) mass is 425 g/mol. The van der Waals surface area contributed by atoms with Crippen LogP contribution in [0.15, 0.2) is 29.2 Å². The molecule has 3 fully saturated rings. The van der Waals surface area contributed by atoms with E-state index in [4.69, 9.17) is 9.72 Å². The highest BCUT2D eigenvalue weighted by atomic mass is 16.5. The largest absolute Gasteiger partial charge is 0.379 e. The number of likely N-dealkylation sites (tertiary alicyclic amines) is 2. The third kappa shape index (κ3) is 4.12. The Kier molecular flexibility index (Phi) is 5.54. The summed E-state index contributed by atoms with van der Waals surface area (Å²) < 4.78 is 6.99. The number of aryl methyl sites for hydroxylation is 1. The number of carbonyl (C=O) groups is 1. The molecule has 3 aliphatic rings. The normalized spacial score (nSPS) is 25.3. The summed E-state index contributed by atoms with van der Waals surface area (Å²) in [5.41, 5.74) is 2.23. The molecule has 3 aliphatic heterocycles. The van der Waals surface area contributed by atoms with Crippen LogP contribution < -0.4 is 5.56 Å². The van der Waals surface area contributed by atoms with E-state index < -0.39 is 0 Å². The van der Waals surface area contributed by atoms with Gasteiger partial charge in [-0.3, -0.25) is 23.8 Å². The van der Waals surface area contributed by atoms with Crippen LogP contribution in [0.3, 0.4) is 0 Å². The fraction of sp³-hybridized carbons (Fsp3) is 0.609. The van der Waals surface area contributed by atoms with Gasteiger partial charge in [-0.25, -0.2) is 4.98 Å². The van der Waals surface area contributed by atoms with Crippen LogP contribution in [0.1, 0.15) is 24.1 Å². The Labute approximate surface area is 182 Å². The summed E-state index contributed by atoms with van der Waals surface area (Å²) in [5, 5.41) is 0. The topological polar surface area (TPSA) is 70.4 Å². The van der Waals surface area contributed by atoms with Gasteiger partial charge in [-0.15, -0.1) is 0 Å². The van der Waals surface area contributed by atoms with E-state index in [1.165, 1.54) is 0 Å². The molecule has 2 aromatic rings. The zero-order chi connectivity index (χ0) is 21.4. The average Bonchev–Trinajstić information content (AvgIpc) is 3.31. The highest BCUT2D eigenvalue weighted by Gasteiger charge is 2.50. The molecule has 0 saturated carbocycles. The van der Waals surface area contributed by atoms with Crippen LogP contribution >= 0.6 is 0 Å². The minimum Gasteiger partial charge on any atom is -0.379 e. The Hall–Kier alpha value is -2.29. The number of morpholine rings is 1. The molecule has 1 spiro atoms. The first kappa shape index (κ1) is 20.6. The van der Waals surface area contributed by atoms with Crippen LogP contribution in [0.5, 0.6) is 0 Å². The lowest BCUT2D eigenvalue weighted by Crippen LogP contribution is -2.43. The van der Waals surface area contributed by atoms with Gasteiger partial charge in [0.15, 0.2) is 0 Å². The number of aromatic nitrogens is 2. The highest BCUT2D eigenvalue weighted by Crippen LogP contribution is 2.40. The molecule has 8 nitrogen and oxygen atoms in total. The second kappa shape index (κ2) is 8.33. The molecule has 5 heterocycles. The van der Waals surface area contributed by atoms with Crippen molar-refractivity contribution in [2.45, 2.75) is 26.3 Å². The van der Waals surface area contributed by atoms with Crippen molar-refractivity contribution in [1.82, 2.24) is 24.1 Å². The minimum absolute atomic E-state index is 0.0554. The zero-order valence-electron chi connectivity index (χ0n) is 18.3. The molecule has 0 N–H and O–H groups in total. The van der Waals surface area contributed by atoms with E-state index in [1.54, 1.807) is 16.7 Å². The zero-order valence-corrected chi connectivity index (χ0v) is 18.3. The molecule has 1 amide bonds. The number of rotatable bonds is 5. The SMILES string of the molecule is Cc1ccn2c(=O)cc(CN3CCC4(CCN(CCN5CCOCC5)C4=O)C3)nc2c1. The third-order valence-corrected chi connectivity index (χ3v) is 7.09. The van der Waals surface area contributed by atoms with Crippen LogP contribution in [-0.2, 0) is 16.1 Å². The number of hydrogen-bond donors (Lipinski definition) is 0. The number of carbonyl (C=O) groups excluding carboxylic acids is 1. The van der Waals surface area contributed by atoms with Gasteiger partial charge < -0.3 is 9.64 Å². The second-order valence-corrected chi connectivity index (χ2v) is 9.26. The molecular weight excluding hydrogens is 394 g/mol. The Morgan fingerprint density at radius 1 is 1.03 bits per heavy atom. The molecule has 0 bridgehead atoms. The van der Waals surface area contributed by atoms with E-state index in [0.29, 0.717) is 18.1 Å². The summed E-state index contributed by atoms with van der Waals surface area (Å²) in [4.78, 5) is 37.1. The first-order valence-corrected chi connectivity index (χ1v) is 11.3. The van der Waals surface area contributed by atoms with E-state index in [0.717, 1.165) is 83.1 Å². The van der Waals surface area contributed by atoms with Crippen molar-refractivity contribution in [3.05, 3.63) is 46.0 Å². The molecule has 0 aromatic carbocycles. The fourth-order valence-corrected chi connectivity index (χ4v) is 5.23. The van der Waals surface area contributed by atoms with Gasteiger partial charge >= 0.3 is 0 Å². The summed E-state index contributed by atoms with van der Waals surface area (Å²) >= 11 is 0. The maximum atomic E-state index is 13.3. The quantitative estimate of drug-likeness (QED) is 0.705. The van der Waals surface area contributed by atoms with Gasteiger partial charge in [0.25, 0.3) is 5.56 Å². The molecule has 3 saturated heterocycles. The Bertz CT molecular complexity index is 1030. The summed E-state index contributed by atoms with van der Waals surface area (Å²) in [6.07, 6.45) is 3.60. The first-order valence-electron chi connectivity index (χ1n) is 11.3. The predicted octanol–water partition coefficient (Wildman–Crippen LogP) is 0.760. The maximum Gasteiger partial charge on any atom is 0.258 e. The minimum atomic E-state index is -0.256. The lowest BCUT2D eigenvalue weighted by molar-refractivity contribution is -0.135. The van der Waals surface area contributed by atoms with E-state index in [9.17, 15) is 9.59 Å². The first-order chi connectivity index (χ1) is 15.0. The van der Waals surface area contributed by atoms with Crippen LogP contribution in [0, 0.1) is 12.3 Å². The Balaban J connectivity index is 1.22. The van der Waals surface area contributed by atoms with Crippen molar-refractivity contribution < 1.29 is 9.53 Å². The number of hydrogen-bond acceptors (Lipinski definition) is 6. The molecular formula is C23H31N5O3. The van der Waals surface area contributed by atoms with Gasteiger partial charge in [-0.1, -0.05) is 0 Å².